The molecule has 0 saturated carbocycles. The maximum Gasteiger partial charge on any atom is 0.265 e. The van der Waals surface area contributed by atoms with Crippen LogP contribution < -0.4 is 5.32 Å². The summed E-state index contributed by atoms with van der Waals surface area (Å²) in [6.45, 7) is 2.81. The van der Waals surface area contributed by atoms with Crippen molar-refractivity contribution in [3.8, 4) is 0 Å². The lowest BCUT2D eigenvalue weighted by Crippen LogP contribution is -2.34. The van der Waals surface area contributed by atoms with Gasteiger partial charge in [-0.05, 0) is 36.1 Å². The normalized spacial score (nSPS) is 10.5. The Morgan fingerprint density at radius 1 is 1.28 bits per heavy atom. The first-order chi connectivity index (χ1) is 12.1. The third-order valence-electron chi connectivity index (χ3n) is 3.65. The number of nitrogens with zero attached hydrogens (tertiary/aromatic N) is 1. The van der Waals surface area contributed by atoms with Gasteiger partial charge in [0, 0.05) is 18.7 Å². The maximum atomic E-state index is 12.7. The molecule has 1 heterocycles. The SMILES string of the molecule is CCCCN(CCO)C(=O)c1ccc(Cl)c(NC(=O)c2cccs2)c1. The van der Waals surface area contributed by atoms with Gasteiger partial charge in [0.1, 0.15) is 0 Å². The number of carbonyl (C=O) groups is 2. The quantitative estimate of drug-likeness (QED) is 0.729. The summed E-state index contributed by atoms with van der Waals surface area (Å²) < 4.78 is 0. The molecule has 2 amide bonds. The van der Waals surface area contributed by atoms with Crippen molar-refractivity contribution in [3.63, 3.8) is 0 Å². The van der Waals surface area contributed by atoms with Gasteiger partial charge < -0.3 is 15.3 Å². The van der Waals surface area contributed by atoms with Crippen molar-refractivity contribution in [3.05, 3.63) is 51.2 Å². The molecule has 0 atom stereocenters. The monoisotopic (exact) mass is 380 g/mol. The van der Waals surface area contributed by atoms with Crippen molar-refractivity contribution >= 4 is 40.4 Å². The van der Waals surface area contributed by atoms with Crippen LogP contribution in [0.5, 0.6) is 0 Å². The van der Waals surface area contributed by atoms with E-state index in [1.165, 1.54) is 11.3 Å². The molecule has 1 aromatic heterocycles. The third-order valence-corrected chi connectivity index (χ3v) is 4.84. The second kappa shape index (κ2) is 9.56. The van der Waals surface area contributed by atoms with E-state index in [9.17, 15) is 14.7 Å². The smallest absolute Gasteiger partial charge is 0.265 e. The summed E-state index contributed by atoms with van der Waals surface area (Å²) >= 11 is 7.48. The van der Waals surface area contributed by atoms with Gasteiger partial charge in [0.2, 0.25) is 0 Å². The van der Waals surface area contributed by atoms with E-state index in [2.05, 4.69) is 5.32 Å². The molecular formula is C18H21ClN2O3S. The lowest BCUT2D eigenvalue weighted by molar-refractivity contribution is 0.0719. The number of amides is 2. The Balaban J connectivity index is 2.18. The Morgan fingerprint density at radius 3 is 2.72 bits per heavy atom. The van der Waals surface area contributed by atoms with Crippen LogP contribution in [-0.2, 0) is 0 Å². The van der Waals surface area contributed by atoms with Gasteiger partial charge in [0.05, 0.1) is 22.2 Å². The molecule has 2 aromatic rings. The van der Waals surface area contributed by atoms with Crippen molar-refractivity contribution in [1.29, 1.82) is 0 Å². The second-order valence-corrected chi connectivity index (χ2v) is 6.85. The largest absolute Gasteiger partial charge is 0.395 e. The zero-order chi connectivity index (χ0) is 18.2. The molecule has 134 valence electrons. The van der Waals surface area contributed by atoms with Crippen LogP contribution in [0, 0.1) is 0 Å². The van der Waals surface area contributed by atoms with Gasteiger partial charge in [-0.3, -0.25) is 9.59 Å². The molecule has 0 bridgehead atoms. The predicted octanol–water partition coefficient (Wildman–Crippen LogP) is 3.89. The van der Waals surface area contributed by atoms with Gasteiger partial charge in [-0.2, -0.15) is 0 Å². The van der Waals surface area contributed by atoms with Crippen molar-refractivity contribution in [2.45, 2.75) is 19.8 Å². The highest BCUT2D eigenvalue weighted by atomic mass is 35.5. The maximum absolute atomic E-state index is 12.7. The van der Waals surface area contributed by atoms with Gasteiger partial charge in [0.25, 0.3) is 11.8 Å². The van der Waals surface area contributed by atoms with E-state index < -0.39 is 0 Å². The van der Waals surface area contributed by atoms with Gasteiger partial charge in [0.15, 0.2) is 0 Å². The summed E-state index contributed by atoms with van der Waals surface area (Å²) in [6.07, 6.45) is 1.82. The third kappa shape index (κ3) is 5.29. The average molecular weight is 381 g/mol. The van der Waals surface area contributed by atoms with Crippen molar-refractivity contribution in [1.82, 2.24) is 4.90 Å². The number of halogens is 1. The Labute approximate surface area is 156 Å². The van der Waals surface area contributed by atoms with E-state index in [1.54, 1.807) is 35.2 Å². The van der Waals surface area contributed by atoms with Crippen LogP contribution in [0.15, 0.2) is 35.7 Å². The Morgan fingerprint density at radius 2 is 2.08 bits per heavy atom. The summed E-state index contributed by atoms with van der Waals surface area (Å²) in [6, 6.07) is 8.31. The lowest BCUT2D eigenvalue weighted by atomic mass is 10.1. The number of anilines is 1. The topological polar surface area (TPSA) is 69.6 Å². The standard InChI is InChI=1S/C18H21ClN2O3S/c1-2-3-8-21(9-10-22)18(24)13-6-7-14(19)15(12-13)20-17(23)16-5-4-11-25-16/h4-7,11-12,22H,2-3,8-10H2,1H3,(H,20,23). The van der Waals surface area contributed by atoms with Crippen LogP contribution >= 0.6 is 22.9 Å². The van der Waals surface area contributed by atoms with E-state index in [0.717, 1.165) is 12.8 Å². The zero-order valence-corrected chi connectivity index (χ0v) is 15.6. The van der Waals surface area contributed by atoms with Gasteiger partial charge in [-0.1, -0.05) is 31.0 Å². The molecule has 0 unspecified atom stereocenters. The van der Waals surface area contributed by atoms with Gasteiger partial charge >= 0.3 is 0 Å². The highest BCUT2D eigenvalue weighted by Gasteiger charge is 2.17. The summed E-state index contributed by atoms with van der Waals surface area (Å²) in [5.74, 6) is -0.453. The number of unbranched alkanes of at least 4 members (excludes halogenated alkanes) is 1. The van der Waals surface area contributed by atoms with E-state index >= 15 is 0 Å². The average Bonchev–Trinajstić information content (AvgIpc) is 3.14. The molecule has 25 heavy (non-hydrogen) atoms. The molecular weight excluding hydrogens is 360 g/mol. The number of nitrogens with one attached hydrogen (secondary N) is 1. The van der Waals surface area contributed by atoms with Crippen LogP contribution in [0.4, 0.5) is 5.69 Å². The first-order valence-corrected chi connectivity index (χ1v) is 9.37. The van der Waals surface area contributed by atoms with E-state index in [-0.39, 0.29) is 25.0 Å². The summed E-state index contributed by atoms with van der Waals surface area (Å²) in [4.78, 5) is 27.1. The Kier molecular flexibility index (Phi) is 7.43. The minimum atomic E-state index is -0.264. The predicted molar refractivity (Wildman–Crippen MR) is 102 cm³/mol. The van der Waals surface area contributed by atoms with Crippen LogP contribution in [0.25, 0.3) is 0 Å². The fourth-order valence-corrected chi connectivity index (χ4v) is 3.10. The Hall–Kier alpha value is -1.89. The molecule has 2 N–H and O–H groups in total. The van der Waals surface area contributed by atoms with Crippen LogP contribution in [0.3, 0.4) is 0 Å². The number of carbonyl (C=O) groups excluding carboxylic acids is 2. The van der Waals surface area contributed by atoms with Crippen molar-refractivity contribution in [2.75, 3.05) is 25.0 Å². The zero-order valence-electron chi connectivity index (χ0n) is 14.0. The number of aliphatic hydroxyl groups excluding tert-OH is 1. The number of hydrogen-bond acceptors (Lipinski definition) is 4. The molecule has 5 nitrogen and oxygen atoms in total. The minimum Gasteiger partial charge on any atom is -0.395 e. The van der Waals surface area contributed by atoms with E-state index in [0.29, 0.717) is 27.7 Å². The number of aliphatic hydroxyl groups is 1. The minimum absolute atomic E-state index is 0.0922. The molecule has 0 aliphatic heterocycles. The molecule has 0 aliphatic rings. The lowest BCUT2D eigenvalue weighted by Gasteiger charge is -2.22. The van der Waals surface area contributed by atoms with Crippen LogP contribution in [0.2, 0.25) is 5.02 Å². The van der Waals surface area contributed by atoms with Crippen molar-refractivity contribution < 1.29 is 14.7 Å². The van der Waals surface area contributed by atoms with Crippen molar-refractivity contribution in [2.24, 2.45) is 0 Å². The number of rotatable bonds is 8. The molecule has 0 spiro atoms. The van der Waals surface area contributed by atoms with Gasteiger partial charge in [-0.15, -0.1) is 11.3 Å². The molecule has 1 aromatic carbocycles. The molecule has 0 saturated heterocycles. The summed E-state index contributed by atoms with van der Waals surface area (Å²) in [5.41, 5.74) is 0.820. The molecule has 2 rings (SSSR count). The van der Waals surface area contributed by atoms with Gasteiger partial charge in [-0.25, -0.2) is 0 Å². The molecule has 7 heteroatoms. The number of thiophene rings is 1. The van der Waals surface area contributed by atoms with E-state index in [4.69, 9.17) is 11.6 Å². The first kappa shape index (κ1) is 19.4. The fraction of sp³-hybridized carbons (Fsp3) is 0.333. The fourth-order valence-electron chi connectivity index (χ4n) is 2.31. The number of benzene rings is 1. The molecule has 0 aliphatic carbocycles. The number of hydrogen-bond donors (Lipinski definition) is 2. The van der Waals surface area contributed by atoms with Crippen LogP contribution in [0.1, 0.15) is 39.8 Å². The summed E-state index contributed by atoms with van der Waals surface area (Å²) in [7, 11) is 0. The van der Waals surface area contributed by atoms with E-state index in [1.807, 2.05) is 12.3 Å². The highest BCUT2D eigenvalue weighted by molar-refractivity contribution is 7.12. The summed E-state index contributed by atoms with van der Waals surface area (Å²) in [5, 5.41) is 14.1. The first-order valence-electron chi connectivity index (χ1n) is 8.11. The molecule has 0 radical (unpaired) electrons. The van der Waals surface area contributed by atoms with Crippen LogP contribution in [-0.4, -0.2) is 41.5 Å². The second-order valence-electron chi connectivity index (χ2n) is 5.50. The molecule has 0 fully saturated rings. The highest BCUT2D eigenvalue weighted by Crippen LogP contribution is 2.25. The Bertz CT molecular complexity index is 719.